The molecule has 0 aliphatic carbocycles. The topological polar surface area (TPSA) is 52.6 Å². The summed E-state index contributed by atoms with van der Waals surface area (Å²) in [6.45, 7) is 5.71. The van der Waals surface area contributed by atoms with E-state index in [0.29, 0.717) is 5.75 Å². The van der Waals surface area contributed by atoms with E-state index in [1.165, 1.54) is 43.4 Å². The van der Waals surface area contributed by atoms with Crippen LogP contribution in [0, 0.1) is 11.7 Å². The molecule has 0 aliphatic rings. The molecule has 0 saturated carbocycles. The number of rotatable bonds is 11. The van der Waals surface area contributed by atoms with Gasteiger partial charge in [0.2, 0.25) is 0 Å². The SMILES string of the molecule is CCCCCCCc1ccc(OC(=O)c2ccc(OC(=O)C(Cl)C(C)C)c(F)c2)cc1. The molecule has 4 nitrogen and oxygen atoms in total. The van der Waals surface area contributed by atoms with Gasteiger partial charge in [0.25, 0.3) is 0 Å². The molecule has 0 heterocycles. The number of ether oxygens (including phenoxy) is 2. The molecule has 0 radical (unpaired) electrons. The van der Waals surface area contributed by atoms with Gasteiger partial charge in [-0.25, -0.2) is 9.18 Å². The lowest BCUT2D eigenvalue weighted by atomic mass is 10.1. The zero-order chi connectivity index (χ0) is 22.8. The van der Waals surface area contributed by atoms with Crippen molar-refractivity contribution in [2.24, 2.45) is 5.92 Å². The van der Waals surface area contributed by atoms with Crippen LogP contribution >= 0.6 is 11.6 Å². The van der Waals surface area contributed by atoms with Crippen LogP contribution in [-0.2, 0) is 11.2 Å². The fourth-order valence-electron chi connectivity index (χ4n) is 2.97. The molecule has 31 heavy (non-hydrogen) atoms. The highest BCUT2D eigenvalue weighted by molar-refractivity contribution is 6.30. The summed E-state index contributed by atoms with van der Waals surface area (Å²) in [6, 6.07) is 10.9. The summed E-state index contributed by atoms with van der Waals surface area (Å²) in [6.07, 6.45) is 7.09. The van der Waals surface area contributed by atoms with Crippen LogP contribution in [0.5, 0.6) is 11.5 Å². The van der Waals surface area contributed by atoms with Crippen LogP contribution in [0.2, 0.25) is 0 Å². The van der Waals surface area contributed by atoms with E-state index in [1.807, 2.05) is 12.1 Å². The van der Waals surface area contributed by atoms with Gasteiger partial charge in [-0.1, -0.05) is 58.6 Å². The Morgan fingerprint density at radius 2 is 1.65 bits per heavy atom. The van der Waals surface area contributed by atoms with E-state index in [9.17, 15) is 14.0 Å². The minimum Gasteiger partial charge on any atom is -0.423 e. The van der Waals surface area contributed by atoms with Crippen LogP contribution in [-0.4, -0.2) is 17.3 Å². The highest BCUT2D eigenvalue weighted by Crippen LogP contribution is 2.22. The van der Waals surface area contributed by atoms with E-state index < -0.39 is 23.1 Å². The molecule has 2 rings (SSSR count). The molecule has 0 N–H and O–H groups in total. The molecule has 0 spiro atoms. The zero-order valence-corrected chi connectivity index (χ0v) is 19.1. The molecule has 0 aromatic heterocycles. The first kappa shape index (κ1) is 24.9. The summed E-state index contributed by atoms with van der Waals surface area (Å²) < 4.78 is 24.6. The first-order valence-electron chi connectivity index (χ1n) is 10.8. The van der Waals surface area contributed by atoms with Crippen molar-refractivity contribution in [3.63, 3.8) is 0 Å². The maximum Gasteiger partial charge on any atom is 0.343 e. The number of unbranched alkanes of at least 4 members (excludes halogenated alkanes) is 4. The number of alkyl halides is 1. The molecule has 1 atom stereocenters. The highest BCUT2D eigenvalue weighted by atomic mass is 35.5. The molecule has 0 fully saturated rings. The maximum absolute atomic E-state index is 14.3. The third-order valence-corrected chi connectivity index (χ3v) is 5.57. The number of esters is 2. The largest absolute Gasteiger partial charge is 0.423 e. The number of carbonyl (C=O) groups is 2. The molecule has 0 aliphatic heterocycles. The number of aryl methyl sites for hydroxylation is 1. The molecule has 0 amide bonds. The lowest BCUT2D eigenvalue weighted by Gasteiger charge is -2.13. The van der Waals surface area contributed by atoms with Crippen LogP contribution in [0.15, 0.2) is 42.5 Å². The first-order valence-corrected chi connectivity index (χ1v) is 11.2. The minimum absolute atomic E-state index is 0.0172. The number of hydrogen-bond acceptors (Lipinski definition) is 4. The van der Waals surface area contributed by atoms with E-state index >= 15 is 0 Å². The van der Waals surface area contributed by atoms with Gasteiger partial charge in [-0.05, 0) is 54.7 Å². The fraction of sp³-hybridized carbons (Fsp3) is 0.440. The van der Waals surface area contributed by atoms with Crippen molar-refractivity contribution in [2.45, 2.75) is 64.7 Å². The summed E-state index contributed by atoms with van der Waals surface area (Å²) in [5, 5.41) is -0.886. The van der Waals surface area contributed by atoms with Gasteiger partial charge in [0.05, 0.1) is 5.56 Å². The summed E-state index contributed by atoms with van der Waals surface area (Å²) in [7, 11) is 0. The van der Waals surface area contributed by atoms with Gasteiger partial charge < -0.3 is 9.47 Å². The van der Waals surface area contributed by atoms with Gasteiger partial charge in [-0.2, -0.15) is 0 Å². The maximum atomic E-state index is 14.3. The molecule has 0 saturated heterocycles. The second-order valence-corrected chi connectivity index (χ2v) is 8.38. The smallest absolute Gasteiger partial charge is 0.343 e. The van der Waals surface area contributed by atoms with Crippen molar-refractivity contribution in [2.75, 3.05) is 0 Å². The fourth-order valence-corrected chi connectivity index (χ4v) is 3.01. The predicted octanol–water partition coefficient (Wildman–Crippen LogP) is 6.73. The monoisotopic (exact) mass is 448 g/mol. The van der Waals surface area contributed by atoms with E-state index in [1.54, 1.807) is 26.0 Å². The van der Waals surface area contributed by atoms with Crippen molar-refractivity contribution in [1.82, 2.24) is 0 Å². The molecule has 0 bridgehead atoms. The second-order valence-electron chi connectivity index (χ2n) is 7.91. The summed E-state index contributed by atoms with van der Waals surface area (Å²) in [4.78, 5) is 24.2. The number of carbonyl (C=O) groups excluding carboxylic acids is 2. The van der Waals surface area contributed by atoms with Crippen molar-refractivity contribution in [3.05, 3.63) is 59.4 Å². The number of halogens is 2. The van der Waals surface area contributed by atoms with Crippen molar-refractivity contribution in [3.8, 4) is 11.5 Å². The van der Waals surface area contributed by atoms with Gasteiger partial charge in [0, 0.05) is 0 Å². The normalized spacial score (nSPS) is 11.9. The summed E-state index contributed by atoms with van der Waals surface area (Å²) in [5.74, 6) is -2.32. The van der Waals surface area contributed by atoms with Crippen LogP contribution in [0.25, 0.3) is 0 Å². The Hall–Kier alpha value is -2.40. The van der Waals surface area contributed by atoms with Gasteiger partial charge >= 0.3 is 11.9 Å². The van der Waals surface area contributed by atoms with Crippen molar-refractivity contribution < 1.29 is 23.5 Å². The van der Waals surface area contributed by atoms with Gasteiger partial charge in [-0.15, -0.1) is 11.6 Å². The van der Waals surface area contributed by atoms with E-state index in [-0.39, 0.29) is 17.2 Å². The third kappa shape index (κ3) is 7.98. The standard InChI is InChI=1S/C25H30ClFO4/c1-4-5-6-7-8-9-18-10-13-20(14-11-18)30-24(28)19-12-15-22(21(27)16-19)31-25(29)23(26)17(2)3/h10-17,23H,4-9H2,1-3H3. The molecule has 168 valence electrons. The van der Waals surface area contributed by atoms with Crippen molar-refractivity contribution in [1.29, 1.82) is 0 Å². The lowest BCUT2D eigenvalue weighted by molar-refractivity contribution is -0.134. The highest BCUT2D eigenvalue weighted by Gasteiger charge is 2.23. The first-order chi connectivity index (χ1) is 14.8. The Kier molecular flexibility index (Phi) is 9.99. The van der Waals surface area contributed by atoms with E-state index in [0.717, 1.165) is 18.9 Å². The van der Waals surface area contributed by atoms with Crippen LogP contribution in [0.4, 0.5) is 4.39 Å². The number of hydrogen-bond donors (Lipinski definition) is 0. The molecular formula is C25H30ClFO4. The Balaban J connectivity index is 1.92. The summed E-state index contributed by atoms with van der Waals surface area (Å²) in [5.41, 5.74) is 1.20. The third-order valence-electron chi connectivity index (χ3n) is 4.89. The molecule has 6 heteroatoms. The quantitative estimate of drug-likeness (QED) is 0.165. The molecule has 2 aromatic carbocycles. The van der Waals surface area contributed by atoms with Crippen LogP contribution in [0.3, 0.4) is 0 Å². The van der Waals surface area contributed by atoms with E-state index in [4.69, 9.17) is 21.1 Å². The summed E-state index contributed by atoms with van der Waals surface area (Å²) >= 11 is 5.93. The lowest BCUT2D eigenvalue weighted by Crippen LogP contribution is -2.25. The number of benzene rings is 2. The molecule has 2 aromatic rings. The Morgan fingerprint density at radius 3 is 2.26 bits per heavy atom. The Labute approximate surface area is 188 Å². The predicted molar refractivity (Wildman–Crippen MR) is 120 cm³/mol. The Morgan fingerprint density at radius 1 is 0.968 bits per heavy atom. The molecule has 1 unspecified atom stereocenters. The minimum atomic E-state index is -0.886. The second kappa shape index (κ2) is 12.5. The van der Waals surface area contributed by atoms with Gasteiger partial charge in [0.15, 0.2) is 11.6 Å². The van der Waals surface area contributed by atoms with Gasteiger partial charge in [-0.3, -0.25) is 4.79 Å². The Bertz CT molecular complexity index is 864. The van der Waals surface area contributed by atoms with Gasteiger partial charge in [0.1, 0.15) is 11.1 Å². The van der Waals surface area contributed by atoms with Crippen LogP contribution in [0.1, 0.15) is 68.8 Å². The average Bonchev–Trinajstić information content (AvgIpc) is 2.75. The zero-order valence-electron chi connectivity index (χ0n) is 18.3. The van der Waals surface area contributed by atoms with E-state index in [2.05, 4.69) is 6.92 Å². The average molecular weight is 449 g/mol. The molecular weight excluding hydrogens is 419 g/mol. The van der Waals surface area contributed by atoms with Crippen LogP contribution < -0.4 is 9.47 Å². The van der Waals surface area contributed by atoms with Crippen molar-refractivity contribution >= 4 is 23.5 Å².